The van der Waals surface area contributed by atoms with Crippen molar-refractivity contribution < 1.29 is 9.94 Å². The van der Waals surface area contributed by atoms with Crippen LogP contribution in [0.3, 0.4) is 0 Å². The Bertz CT molecular complexity index is 419. The number of hydrogen-bond donors (Lipinski definition) is 3. The number of hydrogen-bond acceptors (Lipinski definition) is 4. The average molecular weight is 251 g/mol. The zero-order chi connectivity index (χ0) is 13.5. The number of nitrogens with zero attached hydrogens (tertiary/aromatic N) is 1. The normalized spacial score (nSPS) is 13.6. The van der Waals surface area contributed by atoms with Gasteiger partial charge in [0.1, 0.15) is 0 Å². The third kappa shape index (κ3) is 4.01. The van der Waals surface area contributed by atoms with Crippen LogP contribution in [0.1, 0.15) is 23.6 Å². The van der Waals surface area contributed by atoms with E-state index in [9.17, 15) is 0 Å². The second kappa shape index (κ2) is 6.98. The van der Waals surface area contributed by atoms with E-state index < -0.39 is 0 Å². The molecule has 0 aliphatic rings. The maximum Gasteiger partial charge on any atom is 0.170 e. The van der Waals surface area contributed by atoms with E-state index in [1.807, 2.05) is 25.1 Å². The van der Waals surface area contributed by atoms with Crippen LogP contribution in [0.2, 0.25) is 0 Å². The van der Waals surface area contributed by atoms with Crippen LogP contribution in [0.5, 0.6) is 0 Å². The standard InChI is InChI=1S/C13H21N3O2/c1-9-6-11(13(14)16-17)4-5-12(9)7-15-10(2)8-18-3/h4-6,10,15,17H,7-8H2,1-3H3,(H2,14,16). The van der Waals surface area contributed by atoms with E-state index in [-0.39, 0.29) is 5.84 Å². The molecular formula is C13H21N3O2. The summed E-state index contributed by atoms with van der Waals surface area (Å²) in [5.41, 5.74) is 8.56. The number of oxime groups is 1. The molecule has 0 spiro atoms. The summed E-state index contributed by atoms with van der Waals surface area (Å²) in [4.78, 5) is 0. The van der Waals surface area contributed by atoms with Gasteiger partial charge < -0.3 is 21.0 Å². The lowest BCUT2D eigenvalue weighted by Crippen LogP contribution is -2.29. The first kappa shape index (κ1) is 14.5. The summed E-state index contributed by atoms with van der Waals surface area (Å²) >= 11 is 0. The van der Waals surface area contributed by atoms with Gasteiger partial charge in [0.2, 0.25) is 0 Å². The Hall–Kier alpha value is -1.59. The van der Waals surface area contributed by atoms with Crippen molar-refractivity contribution in [3.63, 3.8) is 0 Å². The highest BCUT2D eigenvalue weighted by molar-refractivity contribution is 5.97. The lowest BCUT2D eigenvalue weighted by Gasteiger charge is -2.14. The van der Waals surface area contributed by atoms with Crippen LogP contribution < -0.4 is 11.1 Å². The van der Waals surface area contributed by atoms with Crippen LogP contribution in [0.25, 0.3) is 0 Å². The average Bonchev–Trinajstić information content (AvgIpc) is 2.36. The number of benzene rings is 1. The van der Waals surface area contributed by atoms with E-state index in [2.05, 4.69) is 17.4 Å². The predicted octanol–water partition coefficient (Wildman–Crippen LogP) is 1.21. The van der Waals surface area contributed by atoms with Gasteiger partial charge in [-0.25, -0.2) is 0 Å². The van der Waals surface area contributed by atoms with Gasteiger partial charge in [-0.1, -0.05) is 17.3 Å². The zero-order valence-electron chi connectivity index (χ0n) is 11.1. The lowest BCUT2D eigenvalue weighted by atomic mass is 10.0. The van der Waals surface area contributed by atoms with Crippen LogP contribution in [0.4, 0.5) is 0 Å². The highest BCUT2D eigenvalue weighted by atomic mass is 16.5. The number of rotatable bonds is 6. The van der Waals surface area contributed by atoms with E-state index >= 15 is 0 Å². The summed E-state index contributed by atoms with van der Waals surface area (Å²) in [5, 5.41) is 15.0. The Morgan fingerprint density at radius 1 is 1.56 bits per heavy atom. The molecule has 0 saturated heterocycles. The van der Waals surface area contributed by atoms with Gasteiger partial charge in [0, 0.05) is 25.3 Å². The molecule has 5 heteroatoms. The summed E-state index contributed by atoms with van der Waals surface area (Å²) in [6.45, 7) is 5.53. The third-order valence-electron chi connectivity index (χ3n) is 2.80. The lowest BCUT2D eigenvalue weighted by molar-refractivity contribution is 0.171. The highest BCUT2D eigenvalue weighted by Crippen LogP contribution is 2.11. The molecule has 1 aromatic rings. The molecule has 0 fully saturated rings. The third-order valence-corrected chi connectivity index (χ3v) is 2.80. The van der Waals surface area contributed by atoms with Crippen molar-refractivity contribution in [2.45, 2.75) is 26.4 Å². The van der Waals surface area contributed by atoms with Crippen LogP contribution in [-0.2, 0) is 11.3 Å². The molecule has 1 aromatic carbocycles. The van der Waals surface area contributed by atoms with Crippen molar-refractivity contribution in [2.75, 3.05) is 13.7 Å². The molecule has 100 valence electrons. The maximum absolute atomic E-state index is 8.62. The van der Waals surface area contributed by atoms with Crippen molar-refractivity contribution >= 4 is 5.84 Å². The fraction of sp³-hybridized carbons (Fsp3) is 0.462. The summed E-state index contributed by atoms with van der Waals surface area (Å²) in [6, 6.07) is 6.04. The fourth-order valence-electron chi connectivity index (χ4n) is 1.70. The van der Waals surface area contributed by atoms with Crippen molar-refractivity contribution in [1.82, 2.24) is 5.32 Å². The summed E-state index contributed by atoms with van der Waals surface area (Å²) in [5.74, 6) is 0.130. The number of nitrogens with one attached hydrogen (secondary N) is 1. The van der Waals surface area contributed by atoms with E-state index in [0.717, 1.165) is 17.7 Å². The van der Waals surface area contributed by atoms with Crippen LogP contribution in [-0.4, -0.2) is 30.8 Å². The molecular weight excluding hydrogens is 230 g/mol. The van der Waals surface area contributed by atoms with Gasteiger partial charge in [-0.05, 0) is 31.0 Å². The van der Waals surface area contributed by atoms with Crippen molar-refractivity contribution in [3.8, 4) is 0 Å². The molecule has 1 atom stereocenters. The topological polar surface area (TPSA) is 79.9 Å². The second-order valence-corrected chi connectivity index (χ2v) is 4.36. The molecule has 0 amide bonds. The van der Waals surface area contributed by atoms with E-state index in [1.54, 1.807) is 7.11 Å². The molecule has 0 heterocycles. The largest absolute Gasteiger partial charge is 0.409 e. The Kier molecular flexibility index (Phi) is 5.61. The molecule has 0 aliphatic carbocycles. The van der Waals surface area contributed by atoms with Gasteiger partial charge in [-0.15, -0.1) is 0 Å². The van der Waals surface area contributed by atoms with Gasteiger partial charge >= 0.3 is 0 Å². The monoisotopic (exact) mass is 251 g/mol. The quantitative estimate of drug-likeness (QED) is 0.307. The molecule has 18 heavy (non-hydrogen) atoms. The first-order valence-electron chi connectivity index (χ1n) is 5.88. The predicted molar refractivity (Wildman–Crippen MR) is 71.9 cm³/mol. The molecule has 0 bridgehead atoms. The van der Waals surface area contributed by atoms with E-state index in [1.165, 1.54) is 5.56 Å². The van der Waals surface area contributed by atoms with Gasteiger partial charge in [0.15, 0.2) is 5.84 Å². The maximum atomic E-state index is 8.62. The van der Waals surface area contributed by atoms with Gasteiger partial charge in [-0.2, -0.15) is 0 Å². The number of ether oxygens (including phenoxy) is 1. The SMILES string of the molecule is COCC(C)NCc1ccc(/C(N)=N/O)cc1C. The highest BCUT2D eigenvalue weighted by Gasteiger charge is 2.05. The van der Waals surface area contributed by atoms with Crippen LogP contribution in [0.15, 0.2) is 23.4 Å². The van der Waals surface area contributed by atoms with Gasteiger partial charge in [0.25, 0.3) is 0 Å². The number of methoxy groups -OCH3 is 1. The Morgan fingerprint density at radius 3 is 2.83 bits per heavy atom. The fourth-order valence-corrected chi connectivity index (χ4v) is 1.70. The first-order valence-corrected chi connectivity index (χ1v) is 5.88. The first-order chi connectivity index (χ1) is 8.58. The second-order valence-electron chi connectivity index (χ2n) is 4.36. The minimum absolute atomic E-state index is 0.130. The molecule has 1 unspecified atom stereocenters. The summed E-state index contributed by atoms with van der Waals surface area (Å²) in [7, 11) is 1.69. The minimum Gasteiger partial charge on any atom is -0.409 e. The molecule has 4 N–H and O–H groups in total. The molecule has 1 rings (SSSR count). The minimum atomic E-state index is 0.130. The number of amidine groups is 1. The Morgan fingerprint density at radius 2 is 2.28 bits per heavy atom. The molecule has 5 nitrogen and oxygen atoms in total. The summed E-state index contributed by atoms with van der Waals surface area (Å²) < 4.78 is 5.06. The zero-order valence-corrected chi connectivity index (χ0v) is 11.1. The summed E-state index contributed by atoms with van der Waals surface area (Å²) in [6.07, 6.45) is 0. The van der Waals surface area contributed by atoms with Crippen molar-refractivity contribution in [2.24, 2.45) is 10.9 Å². The van der Waals surface area contributed by atoms with Crippen LogP contribution in [0, 0.1) is 6.92 Å². The molecule has 0 radical (unpaired) electrons. The van der Waals surface area contributed by atoms with Crippen molar-refractivity contribution in [1.29, 1.82) is 0 Å². The Balaban J connectivity index is 2.68. The van der Waals surface area contributed by atoms with Crippen LogP contribution >= 0.6 is 0 Å². The molecule has 0 saturated carbocycles. The van der Waals surface area contributed by atoms with Gasteiger partial charge in [0.05, 0.1) is 6.61 Å². The Labute approximate surface area is 108 Å². The van der Waals surface area contributed by atoms with E-state index in [4.69, 9.17) is 15.7 Å². The van der Waals surface area contributed by atoms with Crippen molar-refractivity contribution in [3.05, 3.63) is 34.9 Å². The smallest absolute Gasteiger partial charge is 0.170 e. The van der Waals surface area contributed by atoms with Gasteiger partial charge in [-0.3, -0.25) is 0 Å². The number of nitrogens with two attached hydrogens (primary N) is 1. The number of aryl methyl sites for hydroxylation is 1. The molecule has 0 aromatic heterocycles. The van der Waals surface area contributed by atoms with E-state index in [0.29, 0.717) is 12.6 Å². The molecule has 0 aliphatic heterocycles.